The molecule has 34 heavy (non-hydrogen) atoms. The Balaban J connectivity index is 1.32. The van der Waals surface area contributed by atoms with E-state index in [-0.39, 0.29) is 29.7 Å². The fourth-order valence-corrected chi connectivity index (χ4v) is 5.45. The molecule has 0 spiro atoms. The van der Waals surface area contributed by atoms with Crippen molar-refractivity contribution in [1.29, 1.82) is 0 Å². The van der Waals surface area contributed by atoms with Gasteiger partial charge in [-0.15, -0.1) is 0 Å². The summed E-state index contributed by atoms with van der Waals surface area (Å²) in [7, 11) is 0. The lowest BCUT2D eigenvalue weighted by atomic mass is 9.93. The summed E-state index contributed by atoms with van der Waals surface area (Å²) in [6, 6.07) is 14.1. The normalized spacial score (nSPS) is 20.8. The molecule has 2 aliphatic rings. The van der Waals surface area contributed by atoms with Crippen molar-refractivity contribution in [3.05, 3.63) is 103 Å². The molecule has 0 saturated carbocycles. The van der Waals surface area contributed by atoms with E-state index in [9.17, 15) is 13.6 Å². The van der Waals surface area contributed by atoms with Gasteiger partial charge in [-0.25, -0.2) is 13.8 Å². The van der Waals surface area contributed by atoms with Crippen LogP contribution in [0, 0.1) is 11.6 Å². The van der Waals surface area contributed by atoms with E-state index in [2.05, 4.69) is 0 Å². The highest BCUT2D eigenvalue weighted by molar-refractivity contribution is 7.07. The Labute approximate surface area is 196 Å². The minimum atomic E-state index is -0.727. The number of aromatic nitrogens is 1. The van der Waals surface area contributed by atoms with E-state index in [0.29, 0.717) is 21.5 Å². The van der Waals surface area contributed by atoms with Crippen LogP contribution < -0.4 is 24.4 Å². The number of ether oxygens (including phenoxy) is 2. The summed E-state index contributed by atoms with van der Waals surface area (Å²) in [6.07, 6.45) is 2.21. The maximum Gasteiger partial charge on any atom is 0.285 e. The Morgan fingerprint density at radius 3 is 2.94 bits per heavy atom. The van der Waals surface area contributed by atoms with Crippen molar-refractivity contribution in [3.8, 4) is 11.7 Å². The second-order valence-electron chi connectivity index (χ2n) is 8.40. The summed E-state index contributed by atoms with van der Waals surface area (Å²) >= 11 is 1.27. The average Bonchev–Trinajstić information content (AvgIpc) is 3.36. The van der Waals surface area contributed by atoms with Crippen molar-refractivity contribution in [1.82, 2.24) is 4.57 Å². The van der Waals surface area contributed by atoms with Crippen LogP contribution in [0.4, 0.5) is 8.78 Å². The molecule has 9 heteroatoms. The molecular weight excluding hydrogens is 462 g/mol. The van der Waals surface area contributed by atoms with Crippen LogP contribution in [0.15, 0.2) is 68.8 Å². The van der Waals surface area contributed by atoms with Gasteiger partial charge in [0.2, 0.25) is 5.72 Å². The van der Waals surface area contributed by atoms with Crippen LogP contribution in [-0.4, -0.2) is 10.3 Å². The van der Waals surface area contributed by atoms with Crippen LogP contribution in [0.1, 0.15) is 36.3 Å². The zero-order valence-electron chi connectivity index (χ0n) is 18.0. The van der Waals surface area contributed by atoms with Gasteiger partial charge in [0, 0.05) is 35.8 Å². The second kappa shape index (κ2) is 7.66. The highest BCUT2D eigenvalue weighted by Crippen LogP contribution is 2.42. The number of thiazole rings is 1. The van der Waals surface area contributed by atoms with Gasteiger partial charge in [-0.05, 0) is 31.2 Å². The van der Waals surface area contributed by atoms with Gasteiger partial charge in [-0.3, -0.25) is 9.36 Å². The molecule has 4 heterocycles. The summed E-state index contributed by atoms with van der Waals surface area (Å²) in [5, 5.41) is 0. The molecule has 6 rings (SSSR count). The summed E-state index contributed by atoms with van der Waals surface area (Å²) in [5.41, 5.74) is 0.287. The molecule has 0 N–H and O–H groups in total. The molecule has 2 atom stereocenters. The van der Waals surface area contributed by atoms with Crippen LogP contribution >= 0.6 is 11.3 Å². The Morgan fingerprint density at radius 2 is 2.09 bits per heavy atom. The predicted molar refractivity (Wildman–Crippen MR) is 121 cm³/mol. The zero-order chi connectivity index (χ0) is 23.4. The van der Waals surface area contributed by atoms with E-state index < -0.39 is 17.4 Å². The second-order valence-corrected chi connectivity index (χ2v) is 9.41. The van der Waals surface area contributed by atoms with Crippen molar-refractivity contribution in [2.24, 2.45) is 4.99 Å². The Morgan fingerprint density at radius 1 is 1.24 bits per heavy atom. The quantitative estimate of drug-likeness (QED) is 0.444. The van der Waals surface area contributed by atoms with Gasteiger partial charge in [0.1, 0.15) is 29.8 Å². The number of rotatable bonds is 4. The number of fused-ring (bicyclic) bond motifs is 6. The predicted octanol–water partition coefficient (Wildman–Crippen LogP) is 3.91. The maximum absolute atomic E-state index is 13.8. The Kier molecular flexibility index (Phi) is 4.70. The molecular formula is C25H18F2N2O4S. The molecule has 0 aliphatic carbocycles. The first-order valence-corrected chi connectivity index (χ1v) is 11.5. The highest BCUT2D eigenvalue weighted by atomic mass is 32.1. The van der Waals surface area contributed by atoms with Crippen LogP contribution in [0.5, 0.6) is 11.7 Å². The largest absolute Gasteiger partial charge is 0.466 e. The monoisotopic (exact) mass is 480 g/mol. The summed E-state index contributed by atoms with van der Waals surface area (Å²) < 4.78 is 46.3. The summed E-state index contributed by atoms with van der Waals surface area (Å²) in [6.45, 7) is 1.81. The fraction of sp³-hybridized carbons (Fsp3) is 0.200. The summed E-state index contributed by atoms with van der Waals surface area (Å²) in [5.74, 6) is -0.0299. The van der Waals surface area contributed by atoms with Crippen LogP contribution in [-0.2, 0) is 6.61 Å². The van der Waals surface area contributed by atoms with E-state index in [0.717, 1.165) is 17.4 Å². The van der Waals surface area contributed by atoms with Gasteiger partial charge in [0.15, 0.2) is 4.80 Å². The van der Waals surface area contributed by atoms with Crippen molar-refractivity contribution >= 4 is 17.4 Å². The minimum absolute atomic E-state index is 0.117. The van der Waals surface area contributed by atoms with Crippen LogP contribution in [0.3, 0.4) is 0 Å². The van der Waals surface area contributed by atoms with E-state index >= 15 is 0 Å². The van der Waals surface area contributed by atoms with Gasteiger partial charge in [-0.1, -0.05) is 29.5 Å². The Bertz CT molecular complexity index is 1610. The molecule has 0 fully saturated rings. The molecule has 6 nitrogen and oxygen atoms in total. The topological polar surface area (TPSA) is 66.0 Å². The molecule has 2 bridgehead atoms. The smallest absolute Gasteiger partial charge is 0.285 e. The zero-order valence-corrected chi connectivity index (χ0v) is 18.8. The standard InChI is InChI=1S/C25H18F2N2O4S/c1-25-12-19(17-4-2-3-5-20(17)33-25)29-23(30)21(34-24(29)28-25)11-16-8-9-22(32-16)31-13-14-6-7-15(26)10-18(14)27/h2-11,19H,12-13H2,1H3/b21-11-/t19-,25-/m0/s1. The third kappa shape index (κ3) is 3.52. The number of para-hydroxylation sites is 1. The number of nitrogens with zero attached hydrogens (tertiary/aromatic N) is 2. The average molecular weight is 480 g/mol. The molecule has 2 aromatic carbocycles. The third-order valence-electron chi connectivity index (χ3n) is 5.92. The molecule has 0 unspecified atom stereocenters. The number of benzene rings is 2. The minimum Gasteiger partial charge on any atom is -0.466 e. The van der Waals surface area contributed by atoms with E-state index in [4.69, 9.17) is 18.9 Å². The highest BCUT2D eigenvalue weighted by Gasteiger charge is 2.42. The number of hydrogen-bond acceptors (Lipinski definition) is 6. The lowest BCUT2D eigenvalue weighted by Crippen LogP contribution is -2.49. The van der Waals surface area contributed by atoms with Crippen molar-refractivity contribution < 1.29 is 22.7 Å². The molecule has 0 saturated heterocycles. The number of hydrogen-bond donors (Lipinski definition) is 0. The lowest BCUT2D eigenvalue weighted by molar-refractivity contribution is 0.0410. The van der Waals surface area contributed by atoms with Gasteiger partial charge in [-0.2, -0.15) is 0 Å². The lowest BCUT2D eigenvalue weighted by Gasteiger charge is -2.39. The van der Waals surface area contributed by atoms with Crippen LogP contribution in [0.25, 0.3) is 6.08 Å². The van der Waals surface area contributed by atoms with E-state index in [1.807, 2.05) is 31.2 Å². The Hall–Kier alpha value is -3.72. The number of furan rings is 1. The molecule has 2 aliphatic heterocycles. The van der Waals surface area contributed by atoms with Gasteiger partial charge < -0.3 is 13.9 Å². The van der Waals surface area contributed by atoms with E-state index in [1.165, 1.54) is 23.5 Å². The first kappa shape index (κ1) is 20.9. The van der Waals surface area contributed by atoms with E-state index in [1.54, 1.807) is 22.8 Å². The molecule has 0 radical (unpaired) electrons. The molecule has 0 amide bonds. The third-order valence-corrected chi connectivity index (χ3v) is 6.90. The SMILES string of the molecule is C[C@@]12C[C@@H](c3ccccc3O1)n1c(s/c(=C\c3ccc(OCc4ccc(F)cc4F)o3)c1=O)=N2. The van der Waals surface area contributed by atoms with Crippen LogP contribution in [0.2, 0.25) is 0 Å². The fourth-order valence-electron chi connectivity index (χ4n) is 4.34. The van der Waals surface area contributed by atoms with Crippen molar-refractivity contribution in [2.75, 3.05) is 0 Å². The van der Waals surface area contributed by atoms with Crippen molar-refractivity contribution in [3.63, 3.8) is 0 Å². The summed E-state index contributed by atoms with van der Waals surface area (Å²) in [4.78, 5) is 18.6. The van der Waals surface area contributed by atoms with Gasteiger partial charge in [0.25, 0.3) is 11.5 Å². The van der Waals surface area contributed by atoms with Crippen molar-refractivity contribution in [2.45, 2.75) is 31.7 Å². The molecule has 4 aromatic rings. The van der Waals surface area contributed by atoms with Gasteiger partial charge >= 0.3 is 0 Å². The molecule has 172 valence electrons. The first-order valence-electron chi connectivity index (χ1n) is 10.7. The molecule has 2 aromatic heterocycles. The maximum atomic E-state index is 13.8. The van der Waals surface area contributed by atoms with Gasteiger partial charge in [0.05, 0.1) is 10.6 Å². The first-order chi connectivity index (χ1) is 16.4. The number of halogens is 2.